The van der Waals surface area contributed by atoms with Crippen LogP contribution in [0.4, 0.5) is 0 Å². The van der Waals surface area contributed by atoms with E-state index in [0.29, 0.717) is 12.5 Å². The van der Waals surface area contributed by atoms with Gasteiger partial charge in [0.15, 0.2) is 0 Å². The Bertz CT molecular complexity index is 668. The molecule has 1 N–H and O–H groups in total. The normalized spacial score (nSPS) is 18.4. The van der Waals surface area contributed by atoms with E-state index in [9.17, 15) is 4.79 Å². The first-order valence-corrected chi connectivity index (χ1v) is 8.00. The molecule has 0 bridgehead atoms. The molecule has 1 atom stereocenters. The molecule has 2 aromatic rings. The number of para-hydroxylation sites is 1. The highest BCUT2D eigenvalue weighted by molar-refractivity contribution is 5.78. The maximum atomic E-state index is 11.4. The molecule has 0 saturated carbocycles. The summed E-state index contributed by atoms with van der Waals surface area (Å²) in [7, 11) is 0. The summed E-state index contributed by atoms with van der Waals surface area (Å²) >= 11 is 0. The Hall–Kier alpha value is -1.94. The van der Waals surface area contributed by atoms with Gasteiger partial charge in [0, 0.05) is 37.0 Å². The van der Waals surface area contributed by atoms with Gasteiger partial charge in [-0.05, 0) is 32.4 Å². The Kier molecular flexibility index (Phi) is 4.39. The molecule has 1 aromatic heterocycles. The molecule has 1 aliphatic rings. The molecule has 0 aliphatic carbocycles. The van der Waals surface area contributed by atoms with Crippen molar-refractivity contribution >= 4 is 16.8 Å². The number of rotatable bonds is 5. The topological polar surface area (TPSA) is 45.2 Å². The van der Waals surface area contributed by atoms with Crippen molar-refractivity contribution in [1.29, 1.82) is 0 Å². The van der Waals surface area contributed by atoms with E-state index in [1.54, 1.807) is 0 Å². The summed E-state index contributed by atoms with van der Waals surface area (Å²) in [4.78, 5) is 18.5. The fourth-order valence-electron chi connectivity index (χ4n) is 2.96. The lowest BCUT2D eigenvalue weighted by atomic mass is 10.1. The number of carbonyl (C=O) groups excluding carboxylic acids is 1. The van der Waals surface area contributed by atoms with Gasteiger partial charge in [-0.15, -0.1) is 0 Å². The molecule has 116 valence electrons. The Balaban J connectivity index is 1.72. The van der Waals surface area contributed by atoms with E-state index < -0.39 is 0 Å². The van der Waals surface area contributed by atoms with E-state index in [-0.39, 0.29) is 11.9 Å². The predicted molar refractivity (Wildman–Crippen MR) is 88.5 cm³/mol. The predicted octanol–water partition coefficient (Wildman–Crippen LogP) is 2.72. The Morgan fingerprint density at radius 3 is 2.82 bits per heavy atom. The zero-order chi connectivity index (χ0) is 15.5. The second-order valence-electron chi connectivity index (χ2n) is 6.32. The van der Waals surface area contributed by atoms with Crippen LogP contribution in [0, 0.1) is 0 Å². The van der Waals surface area contributed by atoms with Crippen LogP contribution in [0.1, 0.15) is 32.4 Å². The molecular weight excluding hydrogens is 274 g/mol. The first kappa shape index (κ1) is 15.0. The van der Waals surface area contributed by atoms with Crippen molar-refractivity contribution in [3.63, 3.8) is 0 Å². The Labute approximate surface area is 131 Å². The average molecular weight is 297 g/mol. The van der Waals surface area contributed by atoms with Crippen LogP contribution in [0.3, 0.4) is 0 Å². The van der Waals surface area contributed by atoms with Gasteiger partial charge in [-0.2, -0.15) is 0 Å². The lowest BCUT2D eigenvalue weighted by Crippen LogP contribution is -2.41. The summed E-state index contributed by atoms with van der Waals surface area (Å²) in [6, 6.07) is 13.1. The molecular formula is C18H23N3O. The van der Waals surface area contributed by atoms with Crippen molar-refractivity contribution in [3.8, 4) is 0 Å². The molecule has 0 unspecified atom stereocenters. The van der Waals surface area contributed by atoms with Crippen LogP contribution in [0.5, 0.6) is 0 Å². The average Bonchev–Trinajstić information content (AvgIpc) is 2.91. The summed E-state index contributed by atoms with van der Waals surface area (Å²) in [5, 5.41) is 4.23. The number of aromatic nitrogens is 1. The SMILES string of the molecule is CC(C)N(Cc1ccc2ccccc2n1)C[C@H]1CCC(=O)N1. The van der Waals surface area contributed by atoms with Crippen LogP contribution >= 0.6 is 0 Å². The van der Waals surface area contributed by atoms with Crippen LogP contribution in [-0.4, -0.2) is 34.4 Å². The van der Waals surface area contributed by atoms with Crippen molar-refractivity contribution in [1.82, 2.24) is 15.2 Å². The monoisotopic (exact) mass is 297 g/mol. The zero-order valence-electron chi connectivity index (χ0n) is 13.2. The van der Waals surface area contributed by atoms with Crippen LogP contribution in [0.2, 0.25) is 0 Å². The molecule has 4 heteroatoms. The number of hydrogen-bond acceptors (Lipinski definition) is 3. The Morgan fingerprint density at radius 2 is 2.09 bits per heavy atom. The highest BCUT2D eigenvalue weighted by atomic mass is 16.1. The van der Waals surface area contributed by atoms with E-state index in [2.05, 4.69) is 48.3 Å². The lowest BCUT2D eigenvalue weighted by Gasteiger charge is -2.28. The molecule has 0 radical (unpaired) electrons. The molecule has 1 saturated heterocycles. The van der Waals surface area contributed by atoms with Crippen LogP contribution in [0.25, 0.3) is 10.9 Å². The van der Waals surface area contributed by atoms with Crippen LogP contribution < -0.4 is 5.32 Å². The van der Waals surface area contributed by atoms with Crippen molar-refractivity contribution in [2.75, 3.05) is 6.54 Å². The lowest BCUT2D eigenvalue weighted by molar-refractivity contribution is -0.119. The van der Waals surface area contributed by atoms with Crippen molar-refractivity contribution in [2.24, 2.45) is 0 Å². The summed E-state index contributed by atoms with van der Waals surface area (Å²) in [6.45, 7) is 6.09. The first-order valence-electron chi connectivity index (χ1n) is 8.00. The highest BCUT2D eigenvalue weighted by Gasteiger charge is 2.24. The number of amides is 1. The zero-order valence-corrected chi connectivity index (χ0v) is 13.2. The van der Waals surface area contributed by atoms with E-state index in [0.717, 1.165) is 30.7 Å². The van der Waals surface area contributed by atoms with E-state index >= 15 is 0 Å². The fourth-order valence-corrected chi connectivity index (χ4v) is 2.96. The maximum Gasteiger partial charge on any atom is 0.220 e. The van der Waals surface area contributed by atoms with E-state index in [1.807, 2.05) is 12.1 Å². The third-order valence-electron chi connectivity index (χ3n) is 4.29. The molecule has 4 nitrogen and oxygen atoms in total. The molecule has 0 spiro atoms. The van der Waals surface area contributed by atoms with Gasteiger partial charge in [0.05, 0.1) is 11.2 Å². The van der Waals surface area contributed by atoms with Crippen LogP contribution in [-0.2, 0) is 11.3 Å². The quantitative estimate of drug-likeness (QED) is 0.923. The number of carbonyl (C=O) groups is 1. The second kappa shape index (κ2) is 6.44. The molecule has 1 aliphatic heterocycles. The van der Waals surface area contributed by atoms with Gasteiger partial charge >= 0.3 is 0 Å². The van der Waals surface area contributed by atoms with Crippen LogP contribution in [0.15, 0.2) is 36.4 Å². The fraction of sp³-hybridized carbons (Fsp3) is 0.444. The summed E-state index contributed by atoms with van der Waals surface area (Å²) in [5.41, 5.74) is 2.12. The number of hydrogen-bond donors (Lipinski definition) is 1. The highest BCUT2D eigenvalue weighted by Crippen LogP contribution is 2.16. The largest absolute Gasteiger partial charge is 0.352 e. The van der Waals surface area contributed by atoms with Crippen molar-refractivity contribution in [3.05, 3.63) is 42.1 Å². The first-order chi connectivity index (χ1) is 10.6. The van der Waals surface area contributed by atoms with Crippen molar-refractivity contribution in [2.45, 2.75) is 45.3 Å². The molecule has 1 fully saturated rings. The maximum absolute atomic E-state index is 11.4. The third kappa shape index (κ3) is 3.45. The van der Waals surface area contributed by atoms with Gasteiger partial charge in [-0.1, -0.05) is 24.3 Å². The number of pyridine rings is 1. The van der Waals surface area contributed by atoms with Gasteiger partial charge in [-0.25, -0.2) is 0 Å². The second-order valence-corrected chi connectivity index (χ2v) is 6.32. The minimum absolute atomic E-state index is 0.178. The van der Waals surface area contributed by atoms with Gasteiger partial charge in [0.2, 0.25) is 5.91 Å². The Morgan fingerprint density at radius 1 is 1.27 bits per heavy atom. The van der Waals surface area contributed by atoms with E-state index in [4.69, 9.17) is 4.98 Å². The standard InChI is InChI=1S/C18H23N3O/c1-13(2)21(12-16-9-10-18(22)20-16)11-15-8-7-14-5-3-4-6-17(14)19-15/h3-8,13,16H,9-12H2,1-2H3,(H,20,22)/t16-/m1/s1. The molecule has 2 heterocycles. The molecule has 3 rings (SSSR count). The molecule has 1 amide bonds. The summed E-state index contributed by atoms with van der Waals surface area (Å²) in [6.07, 6.45) is 1.60. The minimum Gasteiger partial charge on any atom is -0.352 e. The number of benzene rings is 1. The smallest absolute Gasteiger partial charge is 0.220 e. The minimum atomic E-state index is 0.178. The van der Waals surface area contributed by atoms with Gasteiger partial charge in [0.25, 0.3) is 0 Å². The van der Waals surface area contributed by atoms with Gasteiger partial charge < -0.3 is 5.32 Å². The number of nitrogens with zero attached hydrogens (tertiary/aromatic N) is 2. The van der Waals surface area contributed by atoms with E-state index in [1.165, 1.54) is 5.39 Å². The number of nitrogens with one attached hydrogen (secondary N) is 1. The van der Waals surface area contributed by atoms with Gasteiger partial charge in [-0.3, -0.25) is 14.7 Å². The van der Waals surface area contributed by atoms with Crippen molar-refractivity contribution < 1.29 is 4.79 Å². The third-order valence-corrected chi connectivity index (χ3v) is 4.29. The van der Waals surface area contributed by atoms with Gasteiger partial charge in [0.1, 0.15) is 0 Å². The number of fused-ring (bicyclic) bond motifs is 1. The summed E-state index contributed by atoms with van der Waals surface area (Å²) in [5.74, 6) is 0.178. The summed E-state index contributed by atoms with van der Waals surface area (Å²) < 4.78 is 0. The molecule has 1 aromatic carbocycles. The molecule has 22 heavy (non-hydrogen) atoms.